The Labute approximate surface area is 345 Å². The van der Waals surface area contributed by atoms with Crippen LogP contribution in [0.15, 0.2) is 182 Å². The summed E-state index contributed by atoms with van der Waals surface area (Å²) >= 11 is 0. The van der Waals surface area contributed by atoms with Gasteiger partial charge in [-0.3, -0.25) is 0 Å². The number of hydrogen-bond acceptors (Lipinski definition) is 2. The lowest BCUT2D eigenvalue weighted by atomic mass is 9.76. The van der Waals surface area contributed by atoms with Crippen LogP contribution in [0.25, 0.3) is 0 Å². The molecule has 6 atom stereocenters. The summed E-state index contributed by atoms with van der Waals surface area (Å²) in [6.45, 7) is 0. The van der Waals surface area contributed by atoms with Crippen molar-refractivity contribution in [3.63, 3.8) is 0 Å². The predicted octanol–water partition coefficient (Wildman–Crippen LogP) is 11.1. The zero-order valence-corrected chi connectivity index (χ0v) is 36.2. The maximum atomic E-state index is 2.63. The third-order valence-corrected chi connectivity index (χ3v) is 21.9. The van der Waals surface area contributed by atoms with Crippen molar-refractivity contribution in [1.82, 2.24) is 9.80 Å². The van der Waals surface area contributed by atoms with Crippen LogP contribution in [-0.4, -0.2) is 55.5 Å². The molecular formula is C53H61N2P2+. The Kier molecular flexibility index (Phi) is 12.6. The van der Waals surface area contributed by atoms with E-state index in [1.165, 1.54) is 66.4 Å². The zero-order chi connectivity index (χ0) is 39.2. The lowest BCUT2D eigenvalue weighted by Crippen LogP contribution is -2.51. The number of benzene rings is 6. The molecule has 8 rings (SSSR count). The summed E-state index contributed by atoms with van der Waals surface area (Å²) in [5, 5.41) is 6.22. The van der Waals surface area contributed by atoms with Crippen molar-refractivity contribution in [2.24, 2.45) is 11.3 Å². The van der Waals surface area contributed by atoms with Crippen molar-refractivity contribution in [1.29, 1.82) is 0 Å². The van der Waals surface area contributed by atoms with E-state index in [0.717, 1.165) is 0 Å². The molecule has 0 radical (unpaired) electrons. The highest BCUT2D eigenvalue weighted by Gasteiger charge is 2.64. The Bertz CT molecular complexity index is 2030. The normalized spacial score (nSPS) is 22.3. The topological polar surface area (TPSA) is 6.48 Å². The maximum absolute atomic E-state index is 2.63. The number of hydrogen-bond donors (Lipinski definition) is 0. The lowest BCUT2D eigenvalue weighted by Gasteiger charge is -2.52. The van der Waals surface area contributed by atoms with E-state index in [0.29, 0.717) is 23.3 Å². The summed E-state index contributed by atoms with van der Waals surface area (Å²) in [6.07, 6.45) is 8.73. The fourth-order valence-electron chi connectivity index (χ4n) is 11.7. The van der Waals surface area contributed by atoms with Crippen LogP contribution in [0.2, 0.25) is 0 Å². The number of nitrogens with zero attached hydrogens (tertiary/aromatic N) is 2. The Balaban J connectivity index is 1.43. The van der Waals surface area contributed by atoms with Crippen molar-refractivity contribution in [3.05, 3.63) is 193 Å². The second-order valence-corrected chi connectivity index (χ2v) is 23.3. The molecule has 6 aromatic rings. The predicted molar refractivity (Wildman–Crippen MR) is 250 cm³/mol. The van der Waals surface area contributed by atoms with Gasteiger partial charge in [0.25, 0.3) is 0 Å². The Morgan fingerprint density at radius 1 is 0.526 bits per heavy atom. The van der Waals surface area contributed by atoms with Gasteiger partial charge in [0.05, 0.1) is 29.7 Å². The highest BCUT2D eigenvalue weighted by molar-refractivity contribution is 7.90. The van der Waals surface area contributed by atoms with E-state index in [4.69, 9.17) is 0 Å². The molecule has 2 saturated carbocycles. The van der Waals surface area contributed by atoms with Crippen LogP contribution in [0.3, 0.4) is 0 Å². The molecule has 4 heteroatoms. The molecule has 2 nitrogen and oxygen atoms in total. The number of rotatable bonds is 14. The van der Waals surface area contributed by atoms with Crippen molar-refractivity contribution >= 4 is 36.4 Å². The maximum Gasteiger partial charge on any atom is 0.0995 e. The summed E-state index contributed by atoms with van der Waals surface area (Å²) in [4.78, 5) is 5.17. The molecule has 0 aromatic heterocycles. The van der Waals surface area contributed by atoms with E-state index in [-0.39, 0.29) is 11.5 Å². The minimum Gasteiger partial charge on any atom is -0.302 e. The summed E-state index contributed by atoms with van der Waals surface area (Å²) in [6, 6.07) is 71.1. The van der Waals surface area contributed by atoms with Gasteiger partial charge in [-0.25, -0.2) is 0 Å². The van der Waals surface area contributed by atoms with Gasteiger partial charge in [0.15, 0.2) is 0 Å². The molecule has 2 fully saturated rings. The van der Waals surface area contributed by atoms with E-state index in [1.807, 2.05) is 0 Å². The largest absolute Gasteiger partial charge is 0.302 e. The van der Waals surface area contributed by atoms with Crippen molar-refractivity contribution in [3.8, 4) is 0 Å². The Hall–Kier alpha value is -3.90. The van der Waals surface area contributed by atoms with Gasteiger partial charge in [-0.1, -0.05) is 164 Å². The fraction of sp³-hybridized carbons (Fsp3) is 0.321. The molecule has 0 heterocycles. The summed E-state index contributed by atoms with van der Waals surface area (Å²) in [5.74, 6) is 0.535. The molecule has 0 bridgehead atoms. The van der Waals surface area contributed by atoms with Gasteiger partial charge in [-0.05, 0) is 120 Å². The molecule has 6 aromatic carbocycles. The van der Waals surface area contributed by atoms with Gasteiger partial charge in [-0.2, -0.15) is 0 Å². The van der Waals surface area contributed by atoms with Crippen LogP contribution in [0.5, 0.6) is 0 Å². The van der Waals surface area contributed by atoms with Gasteiger partial charge < -0.3 is 9.80 Å². The van der Waals surface area contributed by atoms with Gasteiger partial charge in [0.2, 0.25) is 0 Å². The van der Waals surface area contributed by atoms with Gasteiger partial charge in [-0.15, -0.1) is 0 Å². The Morgan fingerprint density at radius 2 is 0.982 bits per heavy atom. The van der Waals surface area contributed by atoms with Crippen molar-refractivity contribution in [2.75, 3.05) is 34.4 Å². The lowest BCUT2D eigenvalue weighted by molar-refractivity contribution is 0.130. The SMILES string of the molecule is CN(C)C(c1ccccc1)C1CCCC1[P+](C[C@@]1(C(c2ccccc2)N(C)C)CCCC1P(c1ccccc1)c1ccccc1)(c1ccccc1)c1ccccc1. The molecule has 292 valence electrons. The first-order valence-electron chi connectivity index (χ1n) is 21.2. The smallest absolute Gasteiger partial charge is 0.0995 e. The van der Waals surface area contributed by atoms with Crippen molar-refractivity contribution < 1.29 is 0 Å². The summed E-state index contributed by atoms with van der Waals surface area (Å²) in [7, 11) is 6.59. The standard InChI is InChI=1S/C53H61N2P2/c1-54(2)51(42-25-11-5-12-26-42)48-37-23-38-49(48)57(46-33-19-9-20-34-46,47-35-21-10-22-36-47)41-53(52(55(3)4)43-27-13-6-14-28-43)40-24-39-50(53)56(44-29-15-7-16-30-44)45-31-17-8-18-32-45/h5-22,25-36,48-52H,23-24,37-41H2,1-4H3/q+1/t48?,49?,50?,51?,52?,53-/m0/s1. The highest BCUT2D eigenvalue weighted by Crippen LogP contribution is 2.75. The first kappa shape index (κ1) is 39.9. The van der Waals surface area contributed by atoms with Crippen LogP contribution in [0.4, 0.5) is 0 Å². The quantitative estimate of drug-likeness (QED) is 0.101. The molecule has 0 aliphatic heterocycles. The second kappa shape index (κ2) is 17.9. The van der Waals surface area contributed by atoms with Crippen LogP contribution in [0, 0.1) is 11.3 Å². The van der Waals surface area contributed by atoms with E-state index >= 15 is 0 Å². The molecule has 2 aliphatic rings. The molecular weight excluding hydrogens is 727 g/mol. The van der Waals surface area contributed by atoms with Crippen LogP contribution in [0.1, 0.15) is 61.7 Å². The van der Waals surface area contributed by atoms with E-state index in [9.17, 15) is 0 Å². The monoisotopic (exact) mass is 787 g/mol. The fourth-order valence-corrected chi connectivity index (χ4v) is 21.3. The minimum absolute atomic E-state index is 0.00476. The summed E-state index contributed by atoms with van der Waals surface area (Å²) < 4.78 is 0. The third kappa shape index (κ3) is 7.85. The zero-order valence-electron chi connectivity index (χ0n) is 34.4. The average molecular weight is 788 g/mol. The van der Waals surface area contributed by atoms with Gasteiger partial charge in [0, 0.05) is 23.4 Å². The first-order valence-corrected chi connectivity index (χ1v) is 24.7. The Morgan fingerprint density at radius 3 is 1.46 bits per heavy atom. The first-order chi connectivity index (χ1) is 27.9. The molecule has 0 amide bonds. The van der Waals surface area contributed by atoms with Crippen LogP contribution in [-0.2, 0) is 0 Å². The van der Waals surface area contributed by atoms with Crippen molar-refractivity contribution in [2.45, 2.75) is 61.9 Å². The minimum atomic E-state index is -2.15. The van der Waals surface area contributed by atoms with Gasteiger partial charge in [0.1, 0.15) is 0 Å². The van der Waals surface area contributed by atoms with Gasteiger partial charge >= 0.3 is 0 Å². The second-order valence-electron chi connectivity index (χ2n) is 17.1. The van der Waals surface area contributed by atoms with E-state index in [1.54, 1.807) is 10.6 Å². The highest BCUT2D eigenvalue weighted by atomic mass is 31.2. The molecule has 0 saturated heterocycles. The molecule has 2 aliphatic carbocycles. The molecule has 0 spiro atoms. The van der Waals surface area contributed by atoms with Crippen LogP contribution < -0.4 is 21.2 Å². The average Bonchev–Trinajstić information content (AvgIpc) is 3.90. The molecule has 0 N–H and O–H groups in total. The van der Waals surface area contributed by atoms with E-state index in [2.05, 4.69) is 220 Å². The summed E-state index contributed by atoms with van der Waals surface area (Å²) in [5.41, 5.74) is 3.96. The van der Waals surface area contributed by atoms with E-state index < -0.39 is 15.2 Å². The van der Waals surface area contributed by atoms with Crippen LogP contribution >= 0.6 is 15.2 Å². The molecule has 57 heavy (non-hydrogen) atoms. The third-order valence-electron chi connectivity index (χ3n) is 13.5. The molecule has 5 unspecified atom stereocenters.